The summed E-state index contributed by atoms with van der Waals surface area (Å²) in [7, 11) is 0. The van der Waals surface area contributed by atoms with Gasteiger partial charge in [-0.25, -0.2) is 0 Å². The van der Waals surface area contributed by atoms with Crippen LogP contribution < -0.4 is 11.1 Å². The number of nitrogens with one attached hydrogen (secondary N) is 1. The first-order valence-corrected chi connectivity index (χ1v) is 4.19. The summed E-state index contributed by atoms with van der Waals surface area (Å²) in [6.07, 6.45) is 5.45. The lowest BCUT2D eigenvalue weighted by molar-refractivity contribution is -0.112. The topological polar surface area (TPSA) is 55.1 Å². The molecule has 2 saturated carbocycles. The minimum atomic E-state index is 0.437. The average Bonchev–Trinajstić information content (AvgIpc) is 1.80. The SMILES string of the molecule is NC1CC2(C1)CC(NC=O)C2. The van der Waals surface area contributed by atoms with Gasteiger partial charge in [0.25, 0.3) is 0 Å². The van der Waals surface area contributed by atoms with E-state index in [1.54, 1.807) is 0 Å². The van der Waals surface area contributed by atoms with E-state index in [4.69, 9.17) is 5.73 Å². The van der Waals surface area contributed by atoms with Gasteiger partial charge in [0.15, 0.2) is 0 Å². The van der Waals surface area contributed by atoms with Crippen LogP contribution in [0.3, 0.4) is 0 Å². The number of hydrogen-bond acceptors (Lipinski definition) is 2. The molecule has 11 heavy (non-hydrogen) atoms. The molecule has 3 nitrogen and oxygen atoms in total. The fourth-order valence-electron chi connectivity index (χ4n) is 2.59. The fraction of sp³-hybridized carbons (Fsp3) is 0.875. The molecule has 2 rings (SSSR count). The molecule has 1 amide bonds. The Bertz CT molecular complexity index is 167. The molecule has 2 aliphatic rings. The van der Waals surface area contributed by atoms with E-state index < -0.39 is 0 Å². The van der Waals surface area contributed by atoms with Crippen molar-refractivity contribution in [2.45, 2.75) is 37.8 Å². The Morgan fingerprint density at radius 2 is 2.00 bits per heavy atom. The molecule has 2 fully saturated rings. The zero-order valence-electron chi connectivity index (χ0n) is 6.55. The first-order chi connectivity index (χ1) is 5.24. The quantitative estimate of drug-likeness (QED) is 0.550. The third-order valence-electron chi connectivity index (χ3n) is 3.05. The third kappa shape index (κ3) is 1.03. The van der Waals surface area contributed by atoms with E-state index in [9.17, 15) is 4.79 Å². The largest absolute Gasteiger partial charge is 0.356 e. The first kappa shape index (κ1) is 7.10. The second kappa shape index (κ2) is 2.21. The van der Waals surface area contributed by atoms with E-state index in [0.29, 0.717) is 17.5 Å². The molecule has 0 radical (unpaired) electrons. The van der Waals surface area contributed by atoms with Crippen molar-refractivity contribution < 1.29 is 4.79 Å². The molecule has 3 N–H and O–H groups in total. The van der Waals surface area contributed by atoms with Gasteiger partial charge in [-0.15, -0.1) is 0 Å². The van der Waals surface area contributed by atoms with E-state index in [0.717, 1.165) is 19.3 Å². The summed E-state index contributed by atoms with van der Waals surface area (Å²) < 4.78 is 0. The van der Waals surface area contributed by atoms with E-state index in [1.807, 2.05) is 0 Å². The molecule has 2 aliphatic carbocycles. The van der Waals surface area contributed by atoms with Crippen LogP contribution in [-0.2, 0) is 4.79 Å². The standard InChI is InChI=1S/C8H14N2O/c9-6-1-8(2-6)3-7(4-8)10-5-11/h5-7H,1-4,9H2,(H,10,11). The van der Waals surface area contributed by atoms with Crippen molar-refractivity contribution >= 4 is 6.41 Å². The smallest absolute Gasteiger partial charge is 0.207 e. The van der Waals surface area contributed by atoms with Gasteiger partial charge in [0.1, 0.15) is 0 Å². The van der Waals surface area contributed by atoms with Crippen LogP contribution in [-0.4, -0.2) is 18.5 Å². The Labute approximate surface area is 66.3 Å². The van der Waals surface area contributed by atoms with E-state index in [-0.39, 0.29) is 0 Å². The maximum Gasteiger partial charge on any atom is 0.207 e. The lowest BCUT2D eigenvalue weighted by Gasteiger charge is -2.56. The van der Waals surface area contributed by atoms with Crippen LogP contribution in [0.5, 0.6) is 0 Å². The average molecular weight is 154 g/mol. The molecule has 62 valence electrons. The van der Waals surface area contributed by atoms with Gasteiger partial charge in [-0.1, -0.05) is 0 Å². The molecule has 0 saturated heterocycles. The molecule has 0 aromatic heterocycles. The van der Waals surface area contributed by atoms with Crippen molar-refractivity contribution in [2.75, 3.05) is 0 Å². The number of hydrogen-bond donors (Lipinski definition) is 2. The Hall–Kier alpha value is -0.570. The number of carbonyl (C=O) groups is 1. The van der Waals surface area contributed by atoms with Crippen LogP contribution in [0.15, 0.2) is 0 Å². The van der Waals surface area contributed by atoms with Crippen LogP contribution in [0, 0.1) is 5.41 Å². The summed E-state index contributed by atoms with van der Waals surface area (Å²) in [5.74, 6) is 0. The summed E-state index contributed by atoms with van der Waals surface area (Å²) in [4.78, 5) is 10.1. The van der Waals surface area contributed by atoms with Crippen LogP contribution in [0.4, 0.5) is 0 Å². The zero-order chi connectivity index (χ0) is 7.90. The van der Waals surface area contributed by atoms with Gasteiger partial charge < -0.3 is 11.1 Å². The number of nitrogens with two attached hydrogens (primary N) is 1. The van der Waals surface area contributed by atoms with Crippen molar-refractivity contribution in [3.8, 4) is 0 Å². The van der Waals surface area contributed by atoms with Crippen LogP contribution in [0.25, 0.3) is 0 Å². The minimum absolute atomic E-state index is 0.437. The van der Waals surface area contributed by atoms with E-state index >= 15 is 0 Å². The van der Waals surface area contributed by atoms with Gasteiger partial charge in [-0.2, -0.15) is 0 Å². The maximum atomic E-state index is 10.1. The molecule has 0 bridgehead atoms. The molecule has 0 aromatic carbocycles. The van der Waals surface area contributed by atoms with Crippen LogP contribution in [0.1, 0.15) is 25.7 Å². The second-order valence-corrected chi connectivity index (χ2v) is 4.06. The molecule has 0 aromatic rings. The highest BCUT2D eigenvalue weighted by atomic mass is 16.1. The normalized spacial score (nSPS) is 47.7. The van der Waals surface area contributed by atoms with Crippen molar-refractivity contribution in [3.63, 3.8) is 0 Å². The van der Waals surface area contributed by atoms with Crippen molar-refractivity contribution in [1.29, 1.82) is 0 Å². The predicted molar refractivity (Wildman–Crippen MR) is 41.9 cm³/mol. The van der Waals surface area contributed by atoms with Crippen LogP contribution >= 0.6 is 0 Å². The summed E-state index contributed by atoms with van der Waals surface area (Å²) >= 11 is 0. The Kier molecular flexibility index (Phi) is 1.42. The lowest BCUT2D eigenvalue weighted by Crippen LogP contribution is -2.58. The van der Waals surface area contributed by atoms with Gasteiger partial charge >= 0.3 is 0 Å². The number of carbonyl (C=O) groups excluding carboxylic acids is 1. The molecule has 0 atom stereocenters. The molecule has 3 heteroatoms. The fourth-order valence-corrected chi connectivity index (χ4v) is 2.59. The summed E-state index contributed by atoms with van der Waals surface area (Å²) in [5, 5.41) is 2.80. The highest BCUT2D eigenvalue weighted by Crippen LogP contribution is 2.55. The van der Waals surface area contributed by atoms with E-state index in [2.05, 4.69) is 5.32 Å². The molecular weight excluding hydrogens is 140 g/mol. The minimum Gasteiger partial charge on any atom is -0.356 e. The van der Waals surface area contributed by atoms with Gasteiger partial charge in [0, 0.05) is 12.1 Å². The maximum absolute atomic E-state index is 10.1. The second-order valence-electron chi connectivity index (χ2n) is 4.06. The van der Waals surface area contributed by atoms with E-state index in [1.165, 1.54) is 12.8 Å². The Morgan fingerprint density at radius 1 is 1.36 bits per heavy atom. The summed E-state index contributed by atoms with van der Waals surface area (Å²) in [6, 6.07) is 0.882. The highest BCUT2D eigenvalue weighted by molar-refractivity contribution is 5.47. The predicted octanol–water partition coefficient (Wildman–Crippen LogP) is 0.00230. The molecule has 1 spiro atoms. The Balaban J connectivity index is 1.75. The van der Waals surface area contributed by atoms with Gasteiger partial charge in [-0.3, -0.25) is 4.79 Å². The van der Waals surface area contributed by atoms with Gasteiger partial charge in [-0.05, 0) is 31.1 Å². The highest BCUT2D eigenvalue weighted by Gasteiger charge is 2.51. The van der Waals surface area contributed by atoms with Crippen molar-refractivity contribution in [1.82, 2.24) is 5.32 Å². The summed E-state index contributed by atoms with van der Waals surface area (Å²) in [5.41, 5.74) is 6.23. The molecule has 0 aliphatic heterocycles. The molecular formula is C8H14N2O. The number of rotatable bonds is 2. The van der Waals surface area contributed by atoms with Gasteiger partial charge in [0.05, 0.1) is 0 Å². The van der Waals surface area contributed by atoms with Crippen molar-refractivity contribution in [3.05, 3.63) is 0 Å². The van der Waals surface area contributed by atoms with Crippen LogP contribution in [0.2, 0.25) is 0 Å². The molecule has 0 heterocycles. The zero-order valence-corrected chi connectivity index (χ0v) is 6.55. The number of amides is 1. The molecule has 0 unspecified atom stereocenters. The summed E-state index contributed by atoms with van der Waals surface area (Å²) in [6.45, 7) is 0. The first-order valence-electron chi connectivity index (χ1n) is 4.19. The van der Waals surface area contributed by atoms with Gasteiger partial charge in [0.2, 0.25) is 6.41 Å². The third-order valence-corrected chi connectivity index (χ3v) is 3.05. The lowest BCUT2D eigenvalue weighted by atomic mass is 9.52. The van der Waals surface area contributed by atoms with Crippen molar-refractivity contribution in [2.24, 2.45) is 11.1 Å². The monoisotopic (exact) mass is 154 g/mol. The Morgan fingerprint density at radius 3 is 2.45 bits per heavy atom.